The lowest BCUT2D eigenvalue weighted by atomic mass is 10.1. The molecule has 0 unspecified atom stereocenters. The number of methoxy groups -OCH3 is 1. The van der Waals surface area contributed by atoms with Crippen molar-refractivity contribution in [2.24, 2.45) is 0 Å². The van der Waals surface area contributed by atoms with Crippen molar-refractivity contribution in [2.45, 2.75) is 6.92 Å². The van der Waals surface area contributed by atoms with Crippen LogP contribution in [0.5, 0.6) is 5.75 Å². The van der Waals surface area contributed by atoms with Gasteiger partial charge in [0.2, 0.25) is 0 Å². The molecule has 0 spiro atoms. The van der Waals surface area contributed by atoms with Crippen molar-refractivity contribution >= 4 is 23.2 Å². The summed E-state index contributed by atoms with van der Waals surface area (Å²) in [5.74, 6) is 0.774. The van der Waals surface area contributed by atoms with Gasteiger partial charge in [0.15, 0.2) is 0 Å². The number of rotatable bonds is 3. The summed E-state index contributed by atoms with van der Waals surface area (Å²) < 4.78 is 5.19. The molecule has 5 heteroatoms. The molecule has 3 rings (SSSR count). The van der Waals surface area contributed by atoms with Gasteiger partial charge in [-0.05, 0) is 37.3 Å². The number of carbonyl (C=O) groups is 1. The average Bonchev–Trinajstić information content (AvgIpc) is 2.62. The number of amides is 1. The number of ether oxygens (including phenoxy) is 1. The third-order valence-electron chi connectivity index (χ3n) is 4.37. The van der Waals surface area contributed by atoms with Crippen molar-refractivity contribution in [2.75, 3.05) is 38.2 Å². The molecule has 1 aliphatic heterocycles. The van der Waals surface area contributed by atoms with E-state index in [2.05, 4.69) is 4.90 Å². The second-order valence-electron chi connectivity index (χ2n) is 5.96. The molecular formula is C19H21ClN2O2. The Balaban J connectivity index is 1.64. The standard InChI is InChI=1S/C19H21ClN2O2/c1-14-3-5-15(6-4-14)19(23)22-11-9-21(10-12-22)16-7-8-18(24-2)17(20)13-16/h3-8,13H,9-12H2,1-2H3. The molecule has 0 atom stereocenters. The van der Waals surface area contributed by atoms with E-state index in [4.69, 9.17) is 16.3 Å². The number of piperazine rings is 1. The topological polar surface area (TPSA) is 32.8 Å². The number of anilines is 1. The van der Waals surface area contributed by atoms with E-state index in [9.17, 15) is 4.79 Å². The lowest BCUT2D eigenvalue weighted by Crippen LogP contribution is -2.48. The molecule has 4 nitrogen and oxygen atoms in total. The summed E-state index contributed by atoms with van der Waals surface area (Å²) in [5.41, 5.74) is 2.97. The van der Waals surface area contributed by atoms with Crippen molar-refractivity contribution in [1.82, 2.24) is 4.90 Å². The molecule has 126 valence electrons. The highest BCUT2D eigenvalue weighted by Crippen LogP contribution is 2.29. The van der Waals surface area contributed by atoms with Crippen LogP contribution >= 0.6 is 11.6 Å². The zero-order chi connectivity index (χ0) is 17.1. The summed E-state index contributed by atoms with van der Waals surface area (Å²) in [7, 11) is 1.61. The maximum Gasteiger partial charge on any atom is 0.253 e. The van der Waals surface area contributed by atoms with Gasteiger partial charge in [-0.15, -0.1) is 0 Å². The van der Waals surface area contributed by atoms with Gasteiger partial charge < -0.3 is 14.5 Å². The van der Waals surface area contributed by atoms with E-state index in [1.165, 1.54) is 0 Å². The maximum atomic E-state index is 12.6. The van der Waals surface area contributed by atoms with Crippen LogP contribution < -0.4 is 9.64 Å². The largest absolute Gasteiger partial charge is 0.495 e. The highest BCUT2D eigenvalue weighted by atomic mass is 35.5. The normalized spacial score (nSPS) is 14.6. The molecule has 0 N–H and O–H groups in total. The van der Waals surface area contributed by atoms with E-state index >= 15 is 0 Å². The van der Waals surface area contributed by atoms with E-state index in [1.807, 2.05) is 54.3 Å². The third kappa shape index (κ3) is 3.49. The Morgan fingerprint density at radius 2 is 1.71 bits per heavy atom. The predicted molar refractivity (Wildman–Crippen MR) is 97.3 cm³/mol. The fourth-order valence-corrected chi connectivity index (χ4v) is 3.15. The number of aryl methyl sites for hydroxylation is 1. The number of hydrogen-bond acceptors (Lipinski definition) is 3. The Morgan fingerprint density at radius 3 is 2.29 bits per heavy atom. The van der Waals surface area contributed by atoms with Gasteiger partial charge in [-0.25, -0.2) is 0 Å². The summed E-state index contributed by atoms with van der Waals surface area (Å²) in [5, 5.41) is 0.605. The second kappa shape index (κ2) is 7.14. The molecule has 1 heterocycles. The van der Waals surface area contributed by atoms with Gasteiger partial charge in [-0.1, -0.05) is 29.3 Å². The molecule has 2 aromatic rings. The smallest absolute Gasteiger partial charge is 0.253 e. The Labute approximate surface area is 147 Å². The highest BCUT2D eigenvalue weighted by Gasteiger charge is 2.22. The average molecular weight is 345 g/mol. The molecule has 0 aliphatic carbocycles. The molecule has 1 saturated heterocycles. The zero-order valence-electron chi connectivity index (χ0n) is 14.0. The van der Waals surface area contributed by atoms with Crippen LogP contribution in [-0.2, 0) is 0 Å². The summed E-state index contributed by atoms with van der Waals surface area (Å²) in [6.07, 6.45) is 0. The molecule has 2 aromatic carbocycles. The van der Waals surface area contributed by atoms with E-state index in [0.29, 0.717) is 23.9 Å². The van der Waals surface area contributed by atoms with Crippen molar-refractivity contribution in [3.8, 4) is 5.75 Å². The number of hydrogen-bond donors (Lipinski definition) is 0. The van der Waals surface area contributed by atoms with Crippen LogP contribution in [0.3, 0.4) is 0 Å². The molecule has 1 amide bonds. The Hall–Kier alpha value is -2.20. The molecule has 24 heavy (non-hydrogen) atoms. The lowest BCUT2D eigenvalue weighted by molar-refractivity contribution is 0.0747. The van der Waals surface area contributed by atoms with Crippen LogP contribution in [-0.4, -0.2) is 44.1 Å². The van der Waals surface area contributed by atoms with Gasteiger partial charge in [0, 0.05) is 37.4 Å². The van der Waals surface area contributed by atoms with E-state index in [1.54, 1.807) is 7.11 Å². The van der Waals surface area contributed by atoms with E-state index in [0.717, 1.165) is 29.9 Å². The molecule has 1 fully saturated rings. The Kier molecular flexibility index (Phi) is 4.95. The first-order chi connectivity index (χ1) is 11.6. The number of nitrogens with zero attached hydrogens (tertiary/aromatic N) is 2. The Morgan fingerprint density at radius 1 is 1.04 bits per heavy atom. The van der Waals surface area contributed by atoms with Crippen LogP contribution in [0.15, 0.2) is 42.5 Å². The minimum Gasteiger partial charge on any atom is -0.495 e. The fraction of sp³-hybridized carbons (Fsp3) is 0.316. The van der Waals surface area contributed by atoms with E-state index < -0.39 is 0 Å². The highest BCUT2D eigenvalue weighted by molar-refractivity contribution is 6.32. The quantitative estimate of drug-likeness (QED) is 0.852. The SMILES string of the molecule is COc1ccc(N2CCN(C(=O)c3ccc(C)cc3)CC2)cc1Cl. The minimum atomic E-state index is 0.0995. The zero-order valence-corrected chi connectivity index (χ0v) is 14.7. The van der Waals surface area contributed by atoms with Crippen LogP contribution in [0.2, 0.25) is 5.02 Å². The summed E-state index contributed by atoms with van der Waals surface area (Å²) in [6.45, 7) is 5.01. The van der Waals surface area contributed by atoms with Crippen LogP contribution in [0.1, 0.15) is 15.9 Å². The van der Waals surface area contributed by atoms with Crippen molar-refractivity contribution in [1.29, 1.82) is 0 Å². The first kappa shape index (κ1) is 16.7. The first-order valence-corrected chi connectivity index (χ1v) is 8.40. The molecule has 1 aliphatic rings. The van der Waals surface area contributed by atoms with Gasteiger partial charge in [-0.2, -0.15) is 0 Å². The number of benzene rings is 2. The van der Waals surface area contributed by atoms with Gasteiger partial charge in [0.25, 0.3) is 5.91 Å². The minimum absolute atomic E-state index is 0.0995. The molecule has 0 bridgehead atoms. The van der Waals surface area contributed by atoms with Gasteiger partial charge in [-0.3, -0.25) is 4.79 Å². The van der Waals surface area contributed by atoms with Crippen LogP contribution in [0.4, 0.5) is 5.69 Å². The van der Waals surface area contributed by atoms with Gasteiger partial charge in [0.05, 0.1) is 12.1 Å². The lowest BCUT2D eigenvalue weighted by Gasteiger charge is -2.36. The summed E-state index contributed by atoms with van der Waals surface area (Å²) >= 11 is 6.20. The maximum absolute atomic E-state index is 12.6. The monoisotopic (exact) mass is 344 g/mol. The summed E-state index contributed by atoms with van der Waals surface area (Å²) in [6, 6.07) is 13.5. The first-order valence-electron chi connectivity index (χ1n) is 8.03. The number of carbonyl (C=O) groups excluding carboxylic acids is 1. The van der Waals surface area contributed by atoms with E-state index in [-0.39, 0.29) is 5.91 Å². The fourth-order valence-electron chi connectivity index (χ4n) is 2.90. The predicted octanol–water partition coefficient (Wildman–Crippen LogP) is 3.62. The van der Waals surface area contributed by atoms with Crippen LogP contribution in [0, 0.1) is 6.92 Å². The van der Waals surface area contributed by atoms with Crippen molar-refractivity contribution in [3.63, 3.8) is 0 Å². The summed E-state index contributed by atoms with van der Waals surface area (Å²) in [4.78, 5) is 16.7. The molecule has 0 saturated carbocycles. The number of halogens is 1. The third-order valence-corrected chi connectivity index (χ3v) is 4.66. The van der Waals surface area contributed by atoms with Gasteiger partial charge >= 0.3 is 0 Å². The molecular weight excluding hydrogens is 324 g/mol. The van der Waals surface area contributed by atoms with Crippen molar-refractivity contribution in [3.05, 3.63) is 58.6 Å². The molecule has 0 aromatic heterocycles. The second-order valence-corrected chi connectivity index (χ2v) is 6.37. The Bertz CT molecular complexity index is 723. The van der Waals surface area contributed by atoms with Crippen LogP contribution in [0.25, 0.3) is 0 Å². The molecule has 0 radical (unpaired) electrons. The van der Waals surface area contributed by atoms with Crippen molar-refractivity contribution < 1.29 is 9.53 Å². The van der Waals surface area contributed by atoms with Gasteiger partial charge in [0.1, 0.15) is 5.75 Å².